The quantitative estimate of drug-likeness (QED) is 0.248. The number of halogens is 1. The summed E-state index contributed by atoms with van der Waals surface area (Å²) in [5, 5.41) is 26.9. The molecule has 196 valence electrons. The topological polar surface area (TPSA) is 104 Å². The highest BCUT2D eigenvalue weighted by Gasteiger charge is 2.14. The number of aliphatic hydroxyl groups excluding tert-OH is 1. The highest BCUT2D eigenvalue weighted by Crippen LogP contribution is 2.25. The second-order valence-electron chi connectivity index (χ2n) is 8.92. The van der Waals surface area contributed by atoms with Crippen molar-refractivity contribution < 1.29 is 19.7 Å². The SMILES string of the molecule is COc1ccc(C[C@H](CNC[C@@H](C)C(=O)O)NC/C=C/C[C@H](O)[C@H](C)/C=C/c2ccccn2)cc1Cl. The molecular formula is C28H38ClN3O4. The van der Waals surface area contributed by atoms with Crippen LogP contribution in [0.2, 0.25) is 5.02 Å². The molecule has 1 aromatic heterocycles. The first-order valence-corrected chi connectivity index (χ1v) is 12.6. The lowest BCUT2D eigenvalue weighted by Gasteiger charge is -2.20. The highest BCUT2D eigenvalue weighted by atomic mass is 35.5. The van der Waals surface area contributed by atoms with Crippen molar-refractivity contribution in [2.75, 3.05) is 26.7 Å². The molecule has 36 heavy (non-hydrogen) atoms. The Hall–Kier alpha value is -2.71. The Morgan fingerprint density at radius 3 is 2.67 bits per heavy atom. The lowest BCUT2D eigenvalue weighted by Crippen LogP contribution is -2.42. The van der Waals surface area contributed by atoms with Gasteiger partial charge in [-0.25, -0.2) is 0 Å². The fraction of sp³-hybridized carbons (Fsp3) is 0.429. The molecular weight excluding hydrogens is 478 g/mol. The molecule has 1 heterocycles. The first kappa shape index (κ1) is 29.5. The smallest absolute Gasteiger partial charge is 0.307 e. The van der Waals surface area contributed by atoms with Gasteiger partial charge in [-0.2, -0.15) is 0 Å². The van der Waals surface area contributed by atoms with Crippen molar-refractivity contribution in [1.29, 1.82) is 0 Å². The number of aliphatic hydroxyl groups is 1. The van der Waals surface area contributed by atoms with Crippen molar-refractivity contribution in [2.24, 2.45) is 11.8 Å². The summed E-state index contributed by atoms with van der Waals surface area (Å²) in [5.41, 5.74) is 1.92. The van der Waals surface area contributed by atoms with Crippen molar-refractivity contribution in [2.45, 2.75) is 38.8 Å². The Labute approximate surface area is 219 Å². The molecule has 0 unspecified atom stereocenters. The van der Waals surface area contributed by atoms with Gasteiger partial charge < -0.3 is 25.6 Å². The van der Waals surface area contributed by atoms with Crippen molar-refractivity contribution in [3.8, 4) is 5.75 Å². The van der Waals surface area contributed by atoms with Gasteiger partial charge in [-0.3, -0.25) is 9.78 Å². The number of carboxylic acids is 1. The summed E-state index contributed by atoms with van der Waals surface area (Å²) < 4.78 is 5.23. The van der Waals surface area contributed by atoms with Crippen LogP contribution in [-0.4, -0.2) is 60.1 Å². The second kappa shape index (κ2) is 16.1. The van der Waals surface area contributed by atoms with E-state index in [0.717, 1.165) is 11.3 Å². The number of nitrogens with zero attached hydrogens (tertiary/aromatic N) is 1. The zero-order valence-electron chi connectivity index (χ0n) is 21.2. The molecule has 0 bridgehead atoms. The van der Waals surface area contributed by atoms with Crippen molar-refractivity contribution in [3.63, 3.8) is 0 Å². The number of aliphatic carboxylic acids is 1. The van der Waals surface area contributed by atoms with Gasteiger partial charge in [-0.15, -0.1) is 0 Å². The summed E-state index contributed by atoms with van der Waals surface area (Å²) in [7, 11) is 1.58. The van der Waals surface area contributed by atoms with E-state index in [1.54, 1.807) is 20.2 Å². The molecule has 2 rings (SSSR count). The van der Waals surface area contributed by atoms with Gasteiger partial charge in [0, 0.05) is 37.8 Å². The van der Waals surface area contributed by atoms with E-state index in [4.69, 9.17) is 21.4 Å². The predicted molar refractivity (Wildman–Crippen MR) is 145 cm³/mol. The number of hydrogen-bond acceptors (Lipinski definition) is 6. The largest absolute Gasteiger partial charge is 0.495 e. The first-order chi connectivity index (χ1) is 17.3. The van der Waals surface area contributed by atoms with Gasteiger partial charge in [-0.1, -0.05) is 55.8 Å². The Morgan fingerprint density at radius 1 is 1.19 bits per heavy atom. The molecule has 1 aromatic carbocycles. The maximum absolute atomic E-state index is 11.1. The summed E-state index contributed by atoms with van der Waals surface area (Å²) in [5.74, 6) is -0.655. The summed E-state index contributed by atoms with van der Waals surface area (Å²) in [6.45, 7) is 5.28. The number of ether oxygens (including phenoxy) is 1. The molecule has 0 amide bonds. The maximum atomic E-state index is 11.1. The zero-order valence-corrected chi connectivity index (χ0v) is 22.0. The molecule has 0 aliphatic carbocycles. The van der Waals surface area contributed by atoms with Gasteiger partial charge in [0.2, 0.25) is 0 Å². The molecule has 4 N–H and O–H groups in total. The van der Waals surface area contributed by atoms with Crippen LogP contribution in [0.3, 0.4) is 0 Å². The van der Waals surface area contributed by atoms with E-state index in [9.17, 15) is 9.90 Å². The summed E-state index contributed by atoms with van der Waals surface area (Å²) in [4.78, 5) is 15.4. The molecule has 0 saturated heterocycles. The lowest BCUT2D eigenvalue weighted by molar-refractivity contribution is -0.140. The van der Waals surface area contributed by atoms with E-state index in [1.165, 1.54) is 0 Å². The minimum atomic E-state index is -0.820. The fourth-order valence-electron chi connectivity index (χ4n) is 3.52. The predicted octanol–water partition coefficient (Wildman–Crippen LogP) is 4.21. The van der Waals surface area contributed by atoms with Gasteiger partial charge >= 0.3 is 5.97 Å². The van der Waals surface area contributed by atoms with Crippen molar-refractivity contribution in [1.82, 2.24) is 15.6 Å². The Balaban J connectivity index is 1.86. The van der Waals surface area contributed by atoms with Gasteiger partial charge in [0.15, 0.2) is 0 Å². The molecule has 0 radical (unpaired) electrons. The standard InChI is InChI=1S/C28H38ClN3O4/c1-20(10-12-23-8-4-6-14-31-23)26(33)9-5-7-15-32-24(19-30-18-21(2)28(34)35)16-22-11-13-27(36-3)25(29)17-22/h4-8,10-14,17,20-21,24,26,30,32-33H,9,15-16,18-19H2,1-3H3,(H,34,35)/b7-5+,12-10+/t20-,21-,24-,26+/m1/s1. The molecule has 4 atom stereocenters. The molecule has 0 saturated carbocycles. The third-order valence-electron chi connectivity index (χ3n) is 5.89. The van der Waals surface area contributed by atoms with Crippen molar-refractivity contribution >= 4 is 23.6 Å². The van der Waals surface area contributed by atoms with Crippen LogP contribution < -0.4 is 15.4 Å². The van der Waals surface area contributed by atoms with Crippen LogP contribution in [0.15, 0.2) is 60.8 Å². The molecule has 0 aliphatic rings. The van der Waals surface area contributed by atoms with Gasteiger partial charge in [0.05, 0.1) is 29.8 Å². The Morgan fingerprint density at radius 2 is 2.00 bits per heavy atom. The third kappa shape index (κ3) is 10.9. The third-order valence-corrected chi connectivity index (χ3v) is 6.19. The summed E-state index contributed by atoms with van der Waals surface area (Å²) in [6.07, 6.45) is 10.4. The summed E-state index contributed by atoms with van der Waals surface area (Å²) >= 11 is 6.28. The van der Waals surface area contributed by atoms with Gasteiger partial charge in [0.25, 0.3) is 0 Å². The van der Waals surface area contributed by atoms with Crippen molar-refractivity contribution in [3.05, 3.63) is 77.1 Å². The number of methoxy groups -OCH3 is 1. The van der Waals surface area contributed by atoms with Crippen LogP contribution in [0.1, 0.15) is 31.5 Å². The number of aromatic nitrogens is 1. The number of pyridine rings is 1. The fourth-order valence-corrected chi connectivity index (χ4v) is 3.80. The van der Waals surface area contributed by atoms with E-state index in [-0.39, 0.29) is 12.0 Å². The lowest BCUT2D eigenvalue weighted by atomic mass is 10.0. The van der Waals surface area contributed by atoms with E-state index in [0.29, 0.717) is 43.2 Å². The average Bonchev–Trinajstić information content (AvgIpc) is 2.87. The average molecular weight is 516 g/mol. The van der Waals surface area contributed by atoms with E-state index in [2.05, 4.69) is 15.6 Å². The Bertz CT molecular complexity index is 984. The maximum Gasteiger partial charge on any atom is 0.307 e. The highest BCUT2D eigenvalue weighted by molar-refractivity contribution is 6.32. The van der Waals surface area contributed by atoms with Crippen LogP contribution in [0, 0.1) is 11.8 Å². The van der Waals surface area contributed by atoms with Crippen LogP contribution in [0.25, 0.3) is 6.08 Å². The van der Waals surface area contributed by atoms with Crippen LogP contribution in [-0.2, 0) is 11.2 Å². The number of carbonyl (C=O) groups is 1. The second-order valence-corrected chi connectivity index (χ2v) is 9.33. The van der Waals surface area contributed by atoms with E-state index >= 15 is 0 Å². The number of rotatable bonds is 16. The van der Waals surface area contributed by atoms with Crippen LogP contribution in [0.4, 0.5) is 0 Å². The number of carboxylic acid groups (broad SMARTS) is 1. The zero-order chi connectivity index (χ0) is 26.3. The number of nitrogens with one attached hydrogen (secondary N) is 2. The Kier molecular flexibility index (Phi) is 13.2. The summed E-state index contributed by atoms with van der Waals surface area (Å²) in [6, 6.07) is 11.5. The van der Waals surface area contributed by atoms with Gasteiger partial charge in [-0.05, 0) is 48.7 Å². The first-order valence-electron chi connectivity index (χ1n) is 12.2. The number of benzene rings is 1. The molecule has 2 aromatic rings. The van der Waals surface area contributed by atoms with E-state index < -0.39 is 18.0 Å². The number of hydrogen-bond donors (Lipinski definition) is 4. The minimum absolute atomic E-state index is 0.00221. The van der Waals surface area contributed by atoms with E-state index in [1.807, 2.05) is 67.6 Å². The van der Waals surface area contributed by atoms with Crippen LogP contribution >= 0.6 is 11.6 Å². The molecule has 8 heteroatoms. The molecule has 0 fully saturated rings. The normalized spacial score (nSPS) is 15.1. The van der Waals surface area contributed by atoms with Crippen LogP contribution in [0.5, 0.6) is 5.75 Å². The minimum Gasteiger partial charge on any atom is -0.495 e. The molecule has 0 spiro atoms. The van der Waals surface area contributed by atoms with Gasteiger partial charge in [0.1, 0.15) is 5.75 Å². The molecule has 0 aliphatic heterocycles. The molecule has 7 nitrogen and oxygen atoms in total. The monoisotopic (exact) mass is 515 g/mol.